The number of para-hydroxylation sites is 1. The molecule has 1 saturated heterocycles. The summed E-state index contributed by atoms with van der Waals surface area (Å²) in [6, 6.07) is 11.2. The number of phenolic OH excluding ortho intramolecular Hbond substituents is 1. The fraction of sp³-hybridized carbons (Fsp3) is 0.136. The van der Waals surface area contributed by atoms with Crippen LogP contribution in [0.3, 0.4) is 0 Å². The molecule has 1 aliphatic heterocycles. The molecule has 1 aromatic heterocycles. The highest BCUT2D eigenvalue weighted by molar-refractivity contribution is 5.82. The molecule has 5 heteroatoms. The fourth-order valence-electron chi connectivity index (χ4n) is 3.52. The first-order chi connectivity index (χ1) is 13.1. The average Bonchev–Trinajstić information content (AvgIpc) is 3.08. The van der Waals surface area contributed by atoms with Crippen LogP contribution in [-0.4, -0.2) is 16.6 Å². The van der Waals surface area contributed by atoms with Crippen LogP contribution >= 0.6 is 0 Å². The van der Waals surface area contributed by atoms with Crippen LogP contribution in [0.15, 0.2) is 67.1 Å². The molecule has 0 amide bonds. The number of hydrogen-bond acceptors (Lipinski definition) is 3. The van der Waals surface area contributed by atoms with Crippen LogP contribution in [0.25, 0.3) is 22.3 Å². The SMILES string of the molecule is C=C1CCCN1c1c(F)cc(-c2cccc(-c3ccncc3)c2O)cc1F. The van der Waals surface area contributed by atoms with Crippen molar-refractivity contribution in [1.29, 1.82) is 0 Å². The predicted octanol–water partition coefficient (Wildman–Crippen LogP) is 5.51. The highest BCUT2D eigenvalue weighted by atomic mass is 19.1. The van der Waals surface area contributed by atoms with Gasteiger partial charge in [-0.15, -0.1) is 0 Å². The van der Waals surface area contributed by atoms with E-state index in [9.17, 15) is 13.9 Å². The maximum Gasteiger partial charge on any atom is 0.150 e. The van der Waals surface area contributed by atoms with Gasteiger partial charge in [-0.3, -0.25) is 4.98 Å². The summed E-state index contributed by atoms with van der Waals surface area (Å²) in [6.45, 7) is 4.43. The summed E-state index contributed by atoms with van der Waals surface area (Å²) in [5.74, 6) is -1.36. The van der Waals surface area contributed by atoms with Crippen molar-refractivity contribution in [2.24, 2.45) is 0 Å². The zero-order chi connectivity index (χ0) is 19.0. The van der Waals surface area contributed by atoms with Crippen LogP contribution in [0.5, 0.6) is 5.75 Å². The molecule has 2 heterocycles. The predicted molar refractivity (Wildman–Crippen MR) is 102 cm³/mol. The van der Waals surface area contributed by atoms with E-state index in [4.69, 9.17) is 0 Å². The van der Waals surface area contributed by atoms with Gasteiger partial charge in [0.2, 0.25) is 0 Å². The van der Waals surface area contributed by atoms with Gasteiger partial charge in [-0.25, -0.2) is 8.78 Å². The number of anilines is 1. The quantitative estimate of drug-likeness (QED) is 0.665. The normalized spacial score (nSPS) is 14.0. The lowest BCUT2D eigenvalue weighted by molar-refractivity contribution is 0.479. The van der Waals surface area contributed by atoms with Crippen LogP contribution in [0.1, 0.15) is 12.8 Å². The summed E-state index contributed by atoms with van der Waals surface area (Å²) in [6.07, 6.45) is 4.81. The van der Waals surface area contributed by atoms with Gasteiger partial charge >= 0.3 is 0 Å². The van der Waals surface area contributed by atoms with Gasteiger partial charge in [-0.1, -0.05) is 24.8 Å². The van der Waals surface area contributed by atoms with Gasteiger partial charge in [0.05, 0.1) is 0 Å². The number of aromatic hydroxyl groups is 1. The average molecular weight is 364 g/mol. The van der Waals surface area contributed by atoms with E-state index in [1.54, 1.807) is 47.6 Å². The molecule has 3 nitrogen and oxygen atoms in total. The van der Waals surface area contributed by atoms with Crippen molar-refractivity contribution in [2.75, 3.05) is 11.4 Å². The van der Waals surface area contributed by atoms with E-state index in [1.807, 2.05) is 0 Å². The Morgan fingerprint density at radius 2 is 1.59 bits per heavy atom. The Morgan fingerprint density at radius 1 is 0.963 bits per heavy atom. The number of allylic oxidation sites excluding steroid dienone is 1. The molecule has 2 aromatic carbocycles. The molecular formula is C22H18F2N2O. The number of rotatable bonds is 3. The maximum absolute atomic E-state index is 14.8. The van der Waals surface area contributed by atoms with Crippen molar-refractivity contribution in [1.82, 2.24) is 4.98 Å². The summed E-state index contributed by atoms with van der Waals surface area (Å²) >= 11 is 0. The Morgan fingerprint density at radius 3 is 2.19 bits per heavy atom. The highest BCUT2D eigenvalue weighted by Crippen LogP contribution is 2.40. The maximum atomic E-state index is 14.8. The zero-order valence-corrected chi connectivity index (χ0v) is 14.6. The molecule has 1 fully saturated rings. The minimum Gasteiger partial charge on any atom is -0.507 e. The molecule has 1 N–H and O–H groups in total. The lowest BCUT2D eigenvalue weighted by atomic mass is 9.97. The molecule has 0 atom stereocenters. The summed E-state index contributed by atoms with van der Waals surface area (Å²) in [7, 11) is 0. The molecule has 0 bridgehead atoms. The van der Waals surface area contributed by atoms with Gasteiger partial charge < -0.3 is 10.0 Å². The summed E-state index contributed by atoms with van der Waals surface area (Å²) in [5.41, 5.74) is 2.64. The number of aromatic nitrogens is 1. The van der Waals surface area contributed by atoms with Gasteiger partial charge in [0.15, 0.2) is 0 Å². The molecule has 0 unspecified atom stereocenters. The summed E-state index contributed by atoms with van der Waals surface area (Å²) in [4.78, 5) is 5.55. The monoisotopic (exact) mass is 364 g/mol. The van der Waals surface area contributed by atoms with E-state index in [1.165, 1.54) is 12.1 Å². The van der Waals surface area contributed by atoms with Gasteiger partial charge in [0.25, 0.3) is 0 Å². The Balaban J connectivity index is 1.80. The van der Waals surface area contributed by atoms with E-state index < -0.39 is 11.6 Å². The van der Waals surface area contributed by atoms with Crippen LogP contribution in [-0.2, 0) is 0 Å². The number of nitrogens with zero attached hydrogens (tertiary/aromatic N) is 2. The second-order valence-electron chi connectivity index (χ2n) is 6.55. The van der Waals surface area contributed by atoms with Crippen molar-refractivity contribution < 1.29 is 13.9 Å². The number of hydrogen-bond donors (Lipinski definition) is 1. The minimum absolute atomic E-state index is 0.0270. The first-order valence-electron chi connectivity index (χ1n) is 8.73. The number of phenols is 1. The summed E-state index contributed by atoms with van der Waals surface area (Å²) < 4.78 is 29.5. The lowest BCUT2D eigenvalue weighted by Crippen LogP contribution is -2.18. The standard InChI is InChI=1S/C22H18F2N2O/c1-14-4-3-11-26(14)21-19(23)12-16(13-20(21)24)18-6-2-5-17(22(18)27)15-7-9-25-10-8-15/h2,5-10,12-13,27H,1,3-4,11H2. The van der Waals surface area contributed by atoms with Gasteiger partial charge in [0.1, 0.15) is 23.1 Å². The molecule has 0 saturated carbocycles. The van der Waals surface area contributed by atoms with Crippen LogP contribution in [0.2, 0.25) is 0 Å². The Labute approximate surface area is 156 Å². The van der Waals surface area contributed by atoms with E-state index in [2.05, 4.69) is 11.6 Å². The first kappa shape index (κ1) is 17.2. The summed E-state index contributed by atoms with van der Waals surface area (Å²) in [5, 5.41) is 10.7. The second-order valence-corrected chi connectivity index (χ2v) is 6.55. The van der Waals surface area contributed by atoms with Crippen molar-refractivity contribution in [2.45, 2.75) is 12.8 Å². The van der Waals surface area contributed by atoms with E-state index in [0.717, 1.165) is 18.4 Å². The molecular weight excluding hydrogens is 346 g/mol. The molecule has 1 aliphatic rings. The van der Waals surface area contributed by atoms with Crippen LogP contribution in [0.4, 0.5) is 14.5 Å². The van der Waals surface area contributed by atoms with Gasteiger partial charge in [0, 0.05) is 35.8 Å². The molecule has 0 radical (unpaired) electrons. The van der Waals surface area contributed by atoms with E-state index in [0.29, 0.717) is 23.4 Å². The fourth-order valence-corrected chi connectivity index (χ4v) is 3.52. The van der Waals surface area contributed by atoms with Crippen LogP contribution in [0, 0.1) is 11.6 Å². The number of halogens is 2. The van der Waals surface area contributed by atoms with Crippen molar-refractivity contribution >= 4 is 5.69 Å². The number of pyridine rings is 1. The van der Waals surface area contributed by atoms with E-state index in [-0.39, 0.29) is 17.0 Å². The molecule has 4 rings (SSSR count). The smallest absolute Gasteiger partial charge is 0.150 e. The highest BCUT2D eigenvalue weighted by Gasteiger charge is 2.24. The molecule has 3 aromatic rings. The number of benzene rings is 2. The zero-order valence-electron chi connectivity index (χ0n) is 14.6. The minimum atomic E-state index is -0.665. The molecule has 0 spiro atoms. The third-order valence-corrected chi connectivity index (χ3v) is 4.85. The topological polar surface area (TPSA) is 36.4 Å². The molecule has 136 valence electrons. The van der Waals surface area contributed by atoms with E-state index >= 15 is 0 Å². The first-order valence-corrected chi connectivity index (χ1v) is 8.73. The third-order valence-electron chi connectivity index (χ3n) is 4.85. The lowest BCUT2D eigenvalue weighted by Gasteiger charge is -2.21. The van der Waals surface area contributed by atoms with Crippen molar-refractivity contribution in [3.05, 3.63) is 78.8 Å². The Hall–Kier alpha value is -3.21. The largest absolute Gasteiger partial charge is 0.507 e. The van der Waals surface area contributed by atoms with Gasteiger partial charge in [-0.05, 0) is 48.2 Å². The van der Waals surface area contributed by atoms with Crippen molar-refractivity contribution in [3.8, 4) is 28.0 Å². The Bertz CT molecular complexity index is 995. The molecule has 0 aliphatic carbocycles. The van der Waals surface area contributed by atoms with Gasteiger partial charge in [-0.2, -0.15) is 0 Å². The van der Waals surface area contributed by atoms with Crippen molar-refractivity contribution in [3.63, 3.8) is 0 Å². The molecule has 27 heavy (non-hydrogen) atoms. The van der Waals surface area contributed by atoms with Crippen LogP contribution < -0.4 is 4.90 Å². The Kier molecular flexibility index (Phi) is 4.36. The third kappa shape index (κ3) is 3.05. The second kappa shape index (κ2) is 6.83.